The summed E-state index contributed by atoms with van der Waals surface area (Å²) < 4.78 is 11.0. The van der Waals surface area contributed by atoms with Crippen molar-refractivity contribution in [3.05, 3.63) is 45.5 Å². The van der Waals surface area contributed by atoms with E-state index in [-0.39, 0.29) is 29.3 Å². The first-order chi connectivity index (χ1) is 14.1. The van der Waals surface area contributed by atoms with Crippen molar-refractivity contribution >= 4 is 11.8 Å². The lowest BCUT2D eigenvalue weighted by Gasteiger charge is -2.33. The molecule has 9 heteroatoms. The number of rotatable bonds is 6. The van der Waals surface area contributed by atoms with Crippen molar-refractivity contribution < 1.29 is 19.2 Å². The monoisotopic (exact) mass is 418 g/mol. The zero-order chi connectivity index (χ0) is 21.9. The fourth-order valence-electron chi connectivity index (χ4n) is 3.22. The molecule has 2 aliphatic carbocycles. The number of likely N-dealkylation sites (tertiary alicyclic amines) is 1. The number of nitrogens with one attached hydrogen (secondary N) is 2. The van der Waals surface area contributed by atoms with Crippen LogP contribution in [0, 0.1) is 21.4 Å². The van der Waals surface area contributed by atoms with Crippen LogP contribution in [0.2, 0.25) is 0 Å². The molecule has 164 valence electrons. The number of hydrogen-bond donors (Lipinski definition) is 2. The highest BCUT2D eigenvalue weighted by atomic mass is 16.6. The van der Waals surface area contributed by atoms with Gasteiger partial charge in [0.25, 0.3) is 0 Å². The van der Waals surface area contributed by atoms with Crippen LogP contribution in [-0.2, 0) is 9.47 Å². The van der Waals surface area contributed by atoms with Crippen LogP contribution in [0.25, 0.3) is 0 Å². The van der Waals surface area contributed by atoms with Crippen molar-refractivity contribution in [1.29, 1.82) is 5.41 Å². The van der Waals surface area contributed by atoms with Gasteiger partial charge in [-0.2, -0.15) is 0 Å². The Bertz CT molecular complexity index is 797. The molecular weight excluding hydrogens is 388 g/mol. The van der Waals surface area contributed by atoms with Crippen LogP contribution in [0.15, 0.2) is 35.4 Å². The third-order valence-corrected chi connectivity index (χ3v) is 5.12. The van der Waals surface area contributed by atoms with E-state index in [4.69, 9.17) is 14.9 Å². The van der Waals surface area contributed by atoms with Gasteiger partial charge in [0.05, 0.1) is 17.2 Å². The summed E-state index contributed by atoms with van der Waals surface area (Å²) in [6, 6.07) is 0.118. The molecule has 2 N–H and O–H groups in total. The van der Waals surface area contributed by atoms with Gasteiger partial charge in [0, 0.05) is 43.1 Å². The van der Waals surface area contributed by atoms with Crippen LogP contribution in [-0.4, -0.2) is 53.0 Å². The van der Waals surface area contributed by atoms with Gasteiger partial charge in [0.2, 0.25) is 0 Å². The van der Waals surface area contributed by atoms with Crippen molar-refractivity contribution in [3.63, 3.8) is 0 Å². The Balaban J connectivity index is 1.55. The molecule has 0 aromatic carbocycles. The lowest BCUT2D eigenvalue weighted by Crippen LogP contribution is -2.45. The Hall–Kier alpha value is -2.84. The Morgan fingerprint density at radius 1 is 1.30 bits per heavy atom. The van der Waals surface area contributed by atoms with Gasteiger partial charge in [-0.3, -0.25) is 10.1 Å². The molecule has 0 aromatic heterocycles. The number of carbonyl (C=O) groups is 1. The summed E-state index contributed by atoms with van der Waals surface area (Å²) in [7, 11) is 0. The lowest BCUT2D eigenvalue weighted by molar-refractivity contribution is -0.424. The number of nitrogens with zero attached hydrogens (tertiary/aromatic N) is 2. The Morgan fingerprint density at radius 3 is 2.53 bits per heavy atom. The van der Waals surface area contributed by atoms with E-state index in [0.717, 1.165) is 25.7 Å². The molecule has 0 spiro atoms. The molecule has 1 saturated carbocycles. The Labute approximate surface area is 176 Å². The summed E-state index contributed by atoms with van der Waals surface area (Å²) in [6.07, 6.45) is 7.77. The van der Waals surface area contributed by atoms with Gasteiger partial charge in [-0.25, -0.2) is 4.79 Å². The lowest BCUT2D eigenvalue weighted by atomic mass is 10.0. The molecule has 3 aliphatic rings. The maximum atomic E-state index is 12.2. The van der Waals surface area contributed by atoms with Crippen molar-refractivity contribution in [2.45, 2.75) is 58.1 Å². The first kappa shape index (κ1) is 21.9. The number of carbonyl (C=O) groups excluding carboxylic acids is 1. The molecule has 0 aromatic rings. The van der Waals surface area contributed by atoms with Gasteiger partial charge in [0.1, 0.15) is 5.60 Å². The number of hydrogen-bond acceptors (Lipinski definition) is 7. The number of amides is 1. The number of allylic oxidation sites excluding steroid dienone is 3. The van der Waals surface area contributed by atoms with Crippen LogP contribution in [0.5, 0.6) is 0 Å². The molecule has 30 heavy (non-hydrogen) atoms. The fraction of sp³-hybridized carbons (Fsp3) is 0.619. The molecule has 3 rings (SSSR count). The highest BCUT2D eigenvalue weighted by Crippen LogP contribution is 2.31. The largest absolute Gasteiger partial charge is 0.486 e. The maximum absolute atomic E-state index is 12.2. The third kappa shape index (κ3) is 6.08. The highest BCUT2D eigenvalue weighted by molar-refractivity contribution is 6.10. The van der Waals surface area contributed by atoms with E-state index in [1.165, 1.54) is 12.2 Å². The van der Waals surface area contributed by atoms with E-state index in [0.29, 0.717) is 31.2 Å². The highest BCUT2D eigenvalue weighted by Gasteiger charge is 2.30. The van der Waals surface area contributed by atoms with Gasteiger partial charge < -0.3 is 25.1 Å². The molecule has 1 heterocycles. The minimum Gasteiger partial charge on any atom is -0.486 e. The molecule has 0 unspecified atom stereocenters. The fourth-order valence-corrected chi connectivity index (χ4v) is 3.22. The van der Waals surface area contributed by atoms with Crippen molar-refractivity contribution in [2.75, 3.05) is 19.7 Å². The average Bonchev–Trinajstić information content (AvgIpc) is 3.48. The predicted molar refractivity (Wildman–Crippen MR) is 112 cm³/mol. The minimum absolute atomic E-state index is 0.118. The average molecular weight is 418 g/mol. The van der Waals surface area contributed by atoms with E-state index in [2.05, 4.69) is 5.32 Å². The normalized spacial score (nSPS) is 21.8. The molecule has 1 saturated heterocycles. The molecule has 0 radical (unpaired) electrons. The molecular formula is C21H30N4O5. The Morgan fingerprint density at radius 2 is 1.97 bits per heavy atom. The number of ether oxygens (including phenoxy) is 2. The number of piperidine rings is 1. The van der Waals surface area contributed by atoms with Crippen molar-refractivity contribution in [3.8, 4) is 0 Å². The molecule has 1 amide bonds. The topological polar surface area (TPSA) is 118 Å². The van der Waals surface area contributed by atoms with E-state index >= 15 is 0 Å². The smallest absolute Gasteiger partial charge is 0.410 e. The van der Waals surface area contributed by atoms with E-state index in [9.17, 15) is 14.9 Å². The standard InChI is InChI=1S/C21H30N4O5/c1-21(2,3)30-20(26)24-8-6-16(7-9-24)23-12-15-10-18(25(27)28)19(11-17(15)22)29-13-14-4-5-14/h10-12,14,16,22-23H,4-9,13H2,1-3H3/b15-12-,22-17?. The molecule has 0 bridgehead atoms. The van der Waals surface area contributed by atoms with Crippen LogP contribution >= 0.6 is 0 Å². The quantitative estimate of drug-likeness (QED) is 0.504. The van der Waals surface area contributed by atoms with Crippen LogP contribution in [0.4, 0.5) is 4.79 Å². The summed E-state index contributed by atoms with van der Waals surface area (Å²) in [6.45, 7) is 7.12. The maximum Gasteiger partial charge on any atom is 0.410 e. The zero-order valence-electron chi connectivity index (χ0n) is 17.8. The van der Waals surface area contributed by atoms with Crippen LogP contribution in [0.1, 0.15) is 46.5 Å². The van der Waals surface area contributed by atoms with Gasteiger partial charge in [-0.05, 0) is 52.4 Å². The number of nitro groups is 1. The van der Waals surface area contributed by atoms with E-state index in [1.807, 2.05) is 20.8 Å². The van der Waals surface area contributed by atoms with Gasteiger partial charge in [-0.1, -0.05) is 0 Å². The molecule has 0 atom stereocenters. The van der Waals surface area contributed by atoms with Crippen molar-refractivity contribution in [1.82, 2.24) is 10.2 Å². The third-order valence-electron chi connectivity index (χ3n) is 5.12. The van der Waals surface area contributed by atoms with E-state index < -0.39 is 10.5 Å². The van der Waals surface area contributed by atoms with Gasteiger partial charge >= 0.3 is 11.8 Å². The second-order valence-electron chi connectivity index (χ2n) is 8.97. The van der Waals surface area contributed by atoms with Crippen LogP contribution in [0.3, 0.4) is 0 Å². The summed E-state index contributed by atoms with van der Waals surface area (Å²) >= 11 is 0. The molecule has 9 nitrogen and oxygen atoms in total. The van der Waals surface area contributed by atoms with Crippen molar-refractivity contribution in [2.24, 2.45) is 5.92 Å². The van der Waals surface area contributed by atoms with Crippen LogP contribution < -0.4 is 5.32 Å². The summed E-state index contributed by atoms with van der Waals surface area (Å²) in [5, 5.41) is 22.9. The predicted octanol–water partition coefficient (Wildman–Crippen LogP) is 3.36. The first-order valence-corrected chi connectivity index (χ1v) is 10.4. The Kier molecular flexibility index (Phi) is 6.48. The second-order valence-corrected chi connectivity index (χ2v) is 8.97. The summed E-state index contributed by atoms with van der Waals surface area (Å²) in [5.41, 5.74) is -0.0344. The summed E-state index contributed by atoms with van der Waals surface area (Å²) in [5.74, 6) is 0.623. The SMILES string of the molecule is CC(C)(C)OC(=O)N1CCC(N/C=C2/C=C([N+](=O)[O-])C(OCC3CC3)=CC2=N)CC1. The molecule has 1 aliphatic heterocycles. The second kappa shape index (κ2) is 8.89. The zero-order valence-corrected chi connectivity index (χ0v) is 17.8. The summed E-state index contributed by atoms with van der Waals surface area (Å²) in [4.78, 5) is 24.8. The van der Waals surface area contributed by atoms with Gasteiger partial charge in [0.15, 0.2) is 5.76 Å². The van der Waals surface area contributed by atoms with Gasteiger partial charge in [-0.15, -0.1) is 0 Å². The first-order valence-electron chi connectivity index (χ1n) is 10.4. The van der Waals surface area contributed by atoms with E-state index in [1.54, 1.807) is 11.1 Å². The molecule has 2 fully saturated rings. The minimum atomic E-state index is -0.520.